The van der Waals surface area contributed by atoms with E-state index in [0.717, 1.165) is 33.4 Å². The first-order chi connectivity index (χ1) is 15.0. The van der Waals surface area contributed by atoms with Gasteiger partial charge in [-0.3, -0.25) is 4.52 Å². The summed E-state index contributed by atoms with van der Waals surface area (Å²) >= 11 is 0. The maximum Gasteiger partial charge on any atom is 0.470 e. The number of phosphoric ester groups is 1. The molecule has 2 rings (SSSR count). The predicted molar refractivity (Wildman–Crippen MR) is 153 cm³/mol. The van der Waals surface area contributed by atoms with Crippen LogP contribution in [0.4, 0.5) is 0 Å². The van der Waals surface area contributed by atoms with E-state index in [9.17, 15) is 14.4 Å². The molecule has 0 spiro atoms. The molecule has 0 atom stereocenters. The number of rotatable bonds is 4. The molecule has 0 saturated carbocycles. The number of phosphoric acid groups is 1. The minimum absolute atomic E-state index is 0. The van der Waals surface area contributed by atoms with Crippen LogP contribution in [-0.4, -0.2) is 27.1 Å². The van der Waals surface area contributed by atoms with Crippen LogP contribution in [0.3, 0.4) is 0 Å². The van der Waals surface area contributed by atoms with E-state index in [4.69, 9.17) is 4.52 Å². The van der Waals surface area contributed by atoms with Gasteiger partial charge in [-0.25, -0.2) is 4.57 Å². The van der Waals surface area contributed by atoms with Crippen molar-refractivity contribution in [3.8, 4) is 0 Å². The smallest absolute Gasteiger partial charge is 0.303 e. The predicted octanol–water partition coefficient (Wildman–Crippen LogP) is 6.89. The Morgan fingerprint density at radius 1 is 0.571 bits per heavy atom. The van der Waals surface area contributed by atoms with Gasteiger partial charge in [-0.05, 0) is 55.0 Å². The van der Waals surface area contributed by atoms with Crippen LogP contribution in [0.2, 0.25) is 0 Å². The van der Waals surface area contributed by atoms with Crippen molar-refractivity contribution in [3.05, 3.63) is 69.8 Å². The van der Waals surface area contributed by atoms with Gasteiger partial charge >= 0.3 is 7.82 Å². The summed E-state index contributed by atoms with van der Waals surface area (Å²) < 4.78 is 17.7. The van der Waals surface area contributed by atoms with E-state index >= 15 is 0 Å². The van der Waals surface area contributed by atoms with E-state index < -0.39 is 13.9 Å². The fourth-order valence-corrected chi connectivity index (χ4v) is 4.31. The molecule has 2 N–H and O–H groups in total. The monoisotopic (exact) mass is 518 g/mol. The molecule has 0 unspecified atom stereocenters. The lowest BCUT2D eigenvalue weighted by Gasteiger charge is -2.30. The normalized spacial score (nSPS) is 13.7. The second kappa shape index (κ2) is 10.5. The molecule has 2 aromatic rings. The fourth-order valence-electron chi connectivity index (χ4n) is 3.79. The molecule has 0 saturated heterocycles. The Bertz CT molecular complexity index is 934. The van der Waals surface area contributed by atoms with Gasteiger partial charge in [0.25, 0.3) is 0 Å². The highest BCUT2D eigenvalue weighted by molar-refractivity contribution is 7.46. The van der Waals surface area contributed by atoms with Crippen molar-refractivity contribution in [3.63, 3.8) is 0 Å². The van der Waals surface area contributed by atoms with Gasteiger partial charge in [0.1, 0.15) is 6.10 Å². The minimum atomic E-state index is -4.78. The standard InChI is InChI=1S/C29H45O4P.Al.3H/c1-26(2,3)21-13-19(14-22(17-21)27(4,5)6)25(33-34(30,31)32)20-15-23(28(7,8)9)18-24(16-20)29(10,11)12;;;;/h13-18,25H,1-12H3,(H2,30,31,32);;;;. The van der Waals surface area contributed by atoms with Crippen molar-refractivity contribution in [1.29, 1.82) is 0 Å². The molecule has 0 amide bonds. The summed E-state index contributed by atoms with van der Waals surface area (Å²) in [5.74, 6) is 0. The van der Waals surface area contributed by atoms with E-state index in [-0.39, 0.29) is 39.0 Å². The Kier molecular flexibility index (Phi) is 9.59. The molecule has 0 radical (unpaired) electrons. The van der Waals surface area contributed by atoms with E-state index in [1.165, 1.54) is 0 Å². The van der Waals surface area contributed by atoms with Gasteiger partial charge in [0, 0.05) is 0 Å². The second-order valence-electron chi connectivity index (χ2n) is 13.7. The van der Waals surface area contributed by atoms with Crippen molar-refractivity contribution in [2.24, 2.45) is 0 Å². The van der Waals surface area contributed by atoms with Crippen LogP contribution in [0.5, 0.6) is 0 Å². The maximum absolute atomic E-state index is 12.2. The molecule has 0 aromatic heterocycles. The summed E-state index contributed by atoms with van der Waals surface area (Å²) in [5.41, 5.74) is 5.42. The van der Waals surface area contributed by atoms with Crippen LogP contribution in [0.25, 0.3) is 0 Å². The van der Waals surface area contributed by atoms with Crippen molar-refractivity contribution in [1.82, 2.24) is 0 Å². The summed E-state index contributed by atoms with van der Waals surface area (Å²) in [4.78, 5) is 19.8. The van der Waals surface area contributed by atoms with E-state index in [1.54, 1.807) is 0 Å². The lowest BCUT2D eigenvalue weighted by atomic mass is 9.77. The first-order valence-corrected chi connectivity index (χ1v) is 13.6. The Morgan fingerprint density at radius 2 is 0.800 bits per heavy atom. The Hall–Kier alpha value is -0.918. The topological polar surface area (TPSA) is 66.8 Å². The SMILES string of the molecule is CC(C)(C)c1cc(C(OP(=O)(O)O)c2cc(C(C)(C)C)cc(C(C)(C)C)c2)cc(C(C)(C)C)c1.[AlH3]. The molecule has 0 aliphatic rings. The van der Waals surface area contributed by atoms with Crippen molar-refractivity contribution in [2.75, 3.05) is 0 Å². The number of hydrogen-bond acceptors (Lipinski definition) is 2. The van der Waals surface area contributed by atoms with Gasteiger partial charge in [0.05, 0.1) is 0 Å². The third-order valence-corrected chi connectivity index (χ3v) is 6.71. The lowest BCUT2D eigenvalue weighted by Crippen LogP contribution is -2.20. The van der Waals surface area contributed by atoms with Crippen molar-refractivity contribution in [2.45, 2.75) is 111 Å². The highest BCUT2D eigenvalue weighted by Gasteiger charge is 2.31. The zero-order valence-corrected chi connectivity index (χ0v) is 24.1. The van der Waals surface area contributed by atoms with Crippen LogP contribution in [0.15, 0.2) is 36.4 Å². The van der Waals surface area contributed by atoms with E-state index in [0.29, 0.717) is 0 Å². The summed E-state index contributed by atoms with van der Waals surface area (Å²) in [7, 11) is -4.78. The highest BCUT2D eigenvalue weighted by atomic mass is 31.2. The molecule has 35 heavy (non-hydrogen) atoms. The molecule has 196 valence electrons. The van der Waals surface area contributed by atoms with Crippen LogP contribution in [-0.2, 0) is 30.7 Å². The molecule has 0 aliphatic heterocycles. The van der Waals surface area contributed by atoms with Crippen LogP contribution in [0.1, 0.15) is 123 Å². The fraction of sp³-hybridized carbons (Fsp3) is 0.586. The largest absolute Gasteiger partial charge is 0.470 e. The maximum atomic E-state index is 12.2. The quantitative estimate of drug-likeness (QED) is 0.342. The summed E-state index contributed by atoms with van der Waals surface area (Å²) in [6, 6.07) is 12.5. The first kappa shape index (κ1) is 32.1. The zero-order valence-electron chi connectivity index (χ0n) is 23.2. The molecule has 4 nitrogen and oxygen atoms in total. The summed E-state index contributed by atoms with van der Waals surface area (Å²) in [6.07, 6.45) is -0.896. The van der Waals surface area contributed by atoms with Crippen LogP contribution < -0.4 is 0 Å². The molecular weight excluding hydrogens is 470 g/mol. The summed E-state index contributed by atoms with van der Waals surface area (Å²) in [6.45, 7) is 25.8. The number of benzene rings is 2. The van der Waals surface area contributed by atoms with Gasteiger partial charge in [0.2, 0.25) is 0 Å². The lowest BCUT2D eigenvalue weighted by molar-refractivity contribution is 0.157. The molecular formula is C29H48AlO4P. The van der Waals surface area contributed by atoms with Gasteiger partial charge in [-0.1, -0.05) is 119 Å². The van der Waals surface area contributed by atoms with E-state index in [2.05, 4.69) is 95.2 Å². The Morgan fingerprint density at radius 3 is 0.971 bits per heavy atom. The first-order valence-electron chi connectivity index (χ1n) is 12.0. The molecule has 0 bridgehead atoms. The van der Waals surface area contributed by atoms with Crippen molar-refractivity contribution < 1.29 is 18.9 Å². The third kappa shape index (κ3) is 8.85. The van der Waals surface area contributed by atoms with Crippen LogP contribution >= 0.6 is 7.82 Å². The Labute approximate surface area is 224 Å². The number of hydrogen-bond donors (Lipinski definition) is 2. The Balaban J connectivity index is 0.00000612. The zero-order chi connectivity index (χ0) is 26.5. The third-order valence-electron chi connectivity index (χ3n) is 6.22. The van der Waals surface area contributed by atoms with Gasteiger partial charge in [0.15, 0.2) is 17.4 Å². The molecule has 0 heterocycles. The molecule has 0 fully saturated rings. The van der Waals surface area contributed by atoms with Gasteiger partial charge in [-0.2, -0.15) is 0 Å². The highest BCUT2D eigenvalue weighted by Crippen LogP contribution is 2.47. The average molecular weight is 519 g/mol. The van der Waals surface area contributed by atoms with Crippen LogP contribution in [0, 0.1) is 0 Å². The molecule has 2 aromatic carbocycles. The average Bonchev–Trinajstić information content (AvgIpc) is 2.62. The van der Waals surface area contributed by atoms with Gasteiger partial charge in [-0.15, -0.1) is 0 Å². The minimum Gasteiger partial charge on any atom is -0.303 e. The van der Waals surface area contributed by atoms with E-state index in [1.807, 2.05) is 24.3 Å². The summed E-state index contributed by atoms with van der Waals surface area (Å²) in [5, 5.41) is 0. The molecule has 6 heteroatoms. The molecule has 0 aliphatic carbocycles. The second-order valence-corrected chi connectivity index (χ2v) is 14.9. The van der Waals surface area contributed by atoms with Crippen molar-refractivity contribution >= 4 is 25.2 Å². The van der Waals surface area contributed by atoms with Gasteiger partial charge < -0.3 is 9.79 Å².